The van der Waals surface area contributed by atoms with E-state index in [2.05, 4.69) is 52.7 Å². The number of aryl methyl sites for hydroxylation is 2. The third kappa shape index (κ3) is 5.53. The van der Waals surface area contributed by atoms with Crippen LogP contribution in [0.1, 0.15) is 18.2 Å². The number of morpholine rings is 1. The summed E-state index contributed by atoms with van der Waals surface area (Å²) in [6.07, 6.45) is 5.45. The summed E-state index contributed by atoms with van der Waals surface area (Å²) >= 11 is 0. The molecule has 4 rings (SSSR count). The van der Waals surface area contributed by atoms with Gasteiger partial charge in [0.2, 0.25) is 11.8 Å². The summed E-state index contributed by atoms with van der Waals surface area (Å²) in [6.45, 7) is 14.8. The first kappa shape index (κ1) is 22.8. The molecule has 0 radical (unpaired) electrons. The van der Waals surface area contributed by atoms with Crippen molar-refractivity contribution in [3.05, 3.63) is 60.6 Å². The van der Waals surface area contributed by atoms with Crippen molar-refractivity contribution in [2.24, 2.45) is 0 Å². The predicted octanol–water partition coefficient (Wildman–Crippen LogP) is 4.51. The van der Waals surface area contributed by atoms with E-state index in [0.29, 0.717) is 24.3 Å². The second-order valence-electron chi connectivity index (χ2n) is 8.03. The number of H-pyrrole nitrogens is 1. The first-order chi connectivity index (χ1) is 16.1. The highest BCUT2D eigenvalue weighted by Gasteiger charge is 2.13. The third-order valence-corrected chi connectivity index (χ3v) is 5.77. The Morgan fingerprint density at radius 2 is 2.06 bits per heavy atom. The average molecular weight is 449 g/mol. The molecule has 1 aliphatic rings. The molecule has 3 heterocycles. The zero-order valence-corrected chi connectivity index (χ0v) is 19.6. The molecular weight excluding hydrogens is 416 g/mol. The van der Waals surface area contributed by atoms with Crippen molar-refractivity contribution in [2.45, 2.75) is 20.8 Å². The molecule has 0 aliphatic carbocycles. The Bertz CT molecular complexity index is 1130. The maximum atomic E-state index is 6.03. The summed E-state index contributed by atoms with van der Waals surface area (Å²) in [5, 5.41) is 4.61. The smallest absolute Gasteiger partial charge is 0.238 e. The molecule has 3 aromatic rings. The van der Waals surface area contributed by atoms with Gasteiger partial charge in [-0.3, -0.25) is 9.80 Å². The van der Waals surface area contributed by atoms with Crippen LogP contribution in [0, 0.1) is 13.8 Å². The zero-order chi connectivity index (χ0) is 23.2. The van der Waals surface area contributed by atoms with Crippen LogP contribution in [-0.2, 0) is 4.74 Å². The van der Waals surface area contributed by atoms with E-state index in [-0.39, 0.29) is 0 Å². The second-order valence-corrected chi connectivity index (χ2v) is 8.03. The fraction of sp³-hybridized carbons (Fsp3) is 0.360. The zero-order valence-electron chi connectivity index (χ0n) is 19.6. The van der Waals surface area contributed by atoms with Crippen LogP contribution in [0.3, 0.4) is 0 Å². The van der Waals surface area contributed by atoms with Gasteiger partial charge in [0.25, 0.3) is 0 Å². The lowest BCUT2D eigenvalue weighted by Gasteiger charge is -2.26. The van der Waals surface area contributed by atoms with Crippen LogP contribution in [0.15, 0.2) is 49.3 Å². The van der Waals surface area contributed by atoms with Crippen LogP contribution in [-0.4, -0.2) is 59.3 Å². The molecule has 1 aromatic carbocycles. The molecule has 0 unspecified atom stereocenters. The molecule has 0 amide bonds. The molecule has 0 bridgehead atoms. The fourth-order valence-electron chi connectivity index (χ4n) is 3.83. The van der Waals surface area contributed by atoms with Gasteiger partial charge in [-0.25, -0.2) is 0 Å². The Hall–Kier alpha value is -3.36. The highest BCUT2D eigenvalue weighted by atomic mass is 16.5. The van der Waals surface area contributed by atoms with E-state index in [9.17, 15) is 0 Å². The minimum Gasteiger partial charge on any atom is -0.476 e. The standard InChI is InChI=1S/C25H32N6O2/c1-5-9-31(6-2)25-28-23(17-24(29-25)33-15-12-30-10-13-32-14-11-30)27-20-7-8-22-21(16-20)18(3)19(4)26-22/h5-9,16-17,26H,2,10-15H2,1,3-4H3,(H,27,28,29)/b9-5-. The van der Waals surface area contributed by atoms with Crippen molar-refractivity contribution in [3.8, 4) is 5.88 Å². The number of benzene rings is 1. The van der Waals surface area contributed by atoms with Crippen molar-refractivity contribution < 1.29 is 9.47 Å². The van der Waals surface area contributed by atoms with Crippen LogP contribution in [0.2, 0.25) is 0 Å². The number of nitrogens with one attached hydrogen (secondary N) is 2. The molecule has 1 aliphatic heterocycles. The molecular formula is C25H32N6O2. The number of hydrogen-bond donors (Lipinski definition) is 2. The van der Waals surface area contributed by atoms with Gasteiger partial charge in [-0.2, -0.15) is 9.97 Å². The van der Waals surface area contributed by atoms with Crippen LogP contribution >= 0.6 is 0 Å². The van der Waals surface area contributed by atoms with Gasteiger partial charge in [0.05, 0.1) is 13.2 Å². The lowest BCUT2D eigenvalue weighted by molar-refractivity contribution is 0.0320. The van der Waals surface area contributed by atoms with Gasteiger partial charge >= 0.3 is 0 Å². The normalized spacial score (nSPS) is 14.6. The van der Waals surface area contributed by atoms with Crippen LogP contribution in [0.5, 0.6) is 5.88 Å². The SMILES string of the molecule is C=CN(/C=C\C)c1nc(Nc2ccc3[nH]c(C)c(C)c3c2)cc(OCCN2CCOCC2)n1. The van der Waals surface area contributed by atoms with Gasteiger partial charge in [0.15, 0.2) is 0 Å². The summed E-state index contributed by atoms with van der Waals surface area (Å²) in [5.74, 6) is 1.66. The molecule has 33 heavy (non-hydrogen) atoms. The van der Waals surface area contributed by atoms with Crippen LogP contribution in [0.25, 0.3) is 10.9 Å². The van der Waals surface area contributed by atoms with Crippen molar-refractivity contribution >= 4 is 28.4 Å². The highest BCUT2D eigenvalue weighted by Crippen LogP contribution is 2.27. The fourth-order valence-corrected chi connectivity index (χ4v) is 3.83. The van der Waals surface area contributed by atoms with Gasteiger partial charge in [-0.1, -0.05) is 12.7 Å². The number of nitrogens with zero attached hydrogens (tertiary/aromatic N) is 4. The molecule has 1 fully saturated rings. The van der Waals surface area contributed by atoms with Gasteiger partial charge < -0.3 is 19.8 Å². The lowest BCUT2D eigenvalue weighted by atomic mass is 10.1. The van der Waals surface area contributed by atoms with Crippen molar-refractivity contribution in [1.29, 1.82) is 0 Å². The van der Waals surface area contributed by atoms with E-state index in [4.69, 9.17) is 14.5 Å². The summed E-state index contributed by atoms with van der Waals surface area (Å²) in [4.78, 5) is 16.8. The number of aromatic nitrogens is 3. The Labute approximate surface area is 194 Å². The number of aromatic amines is 1. The summed E-state index contributed by atoms with van der Waals surface area (Å²) in [6, 6.07) is 8.08. The number of allylic oxidation sites excluding steroid dienone is 1. The molecule has 2 N–H and O–H groups in total. The lowest BCUT2D eigenvalue weighted by Crippen LogP contribution is -2.38. The molecule has 0 saturated carbocycles. The number of rotatable bonds is 9. The number of hydrogen-bond acceptors (Lipinski definition) is 7. The summed E-state index contributed by atoms with van der Waals surface area (Å²) in [5.41, 5.74) is 4.49. The number of ether oxygens (including phenoxy) is 2. The largest absolute Gasteiger partial charge is 0.476 e. The number of anilines is 3. The summed E-state index contributed by atoms with van der Waals surface area (Å²) < 4.78 is 11.4. The first-order valence-electron chi connectivity index (χ1n) is 11.3. The van der Waals surface area contributed by atoms with Crippen molar-refractivity contribution in [2.75, 3.05) is 49.7 Å². The van der Waals surface area contributed by atoms with Crippen molar-refractivity contribution in [1.82, 2.24) is 19.9 Å². The van der Waals surface area contributed by atoms with E-state index < -0.39 is 0 Å². The monoisotopic (exact) mass is 448 g/mol. The molecule has 8 heteroatoms. The van der Waals surface area contributed by atoms with E-state index in [1.165, 1.54) is 16.6 Å². The minimum absolute atomic E-state index is 0.490. The Balaban J connectivity index is 1.56. The first-order valence-corrected chi connectivity index (χ1v) is 11.3. The van der Waals surface area contributed by atoms with Crippen molar-refractivity contribution in [3.63, 3.8) is 0 Å². The van der Waals surface area contributed by atoms with E-state index >= 15 is 0 Å². The molecule has 1 saturated heterocycles. The quantitative estimate of drug-likeness (QED) is 0.498. The topological polar surface area (TPSA) is 78.5 Å². The van der Waals surface area contributed by atoms with E-state index in [0.717, 1.165) is 44.1 Å². The molecule has 174 valence electrons. The minimum atomic E-state index is 0.490. The van der Waals surface area contributed by atoms with Gasteiger partial charge in [0.1, 0.15) is 12.4 Å². The maximum Gasteiger partial charge on any atom is 0.238 e. The Morgan fingerprint density at radius 3 is 2.82 bits per heavy atom. The van der Waals surface area contributed by atoms with Gasteiger partial charge in [-0.05, 0) is 44.5 Å². The van der Waals surface area contributed by atoms with E-state index in [1.54, 1.807) is 11.1 Å². The Kier molecular flexibility index (Phi) is 7.26. The summed E-state index contributed by atoms with van der Waals surface area (Å²) in [7, 11) is 0. The van der Waals surface area contributed by atoms with E-state index in [1.807, 2.05) is 31.3 Å². The Morgan fingerprint density at radius 1 is 1.24 bits per heavy atom. The third-order valence-electron chi connectivity index (χ3n) is 5.77. The molecule has 8 nitrogen and oxygen atoms in total. The van der Waals surface area contributed by atoms with Crippen LogP contribution in [0.4, 0.5) is 17.5 Å². The maximum absolute atomic E-state index is 6.03. The highest BCUT2D eigenvalue weighted by molar-refractivity contribution is 5.88. The van der Waals surface area contributed by atoms with Crippen LogP contribution < -0.4 is 15.0 Å². The van der Waals surface area contributed by atoms with Gasteiger partial charge in [0, 0.05) is 60.4 Å². The number of fused-ring (bicyclic) bond motifs is 1. The molecule has 2 aromatic heterocycles. The molecule has 0 spiro atoms. The molecule has 0 atom stereocenters. The predicted molar refractivity (Wildman–Crippen MR) is 133 cm³/mol. The average Bonchev–Trinajstić information content (AvgIpc) is 3.11. The van der Waals surface area contributed by atoms with Gasteiger partial charge in [-0.15, -0.1) is 0 Å². The second kappa shape index (κ2) is 10.5.